The second-order valence-electron chi connectivity index (χ2n) is 9.88. The molecule has 0 aliphatic carbocycles. The molecule has 9 nitrogen and oxygen atoms in total. The van der Waals surface area contributed by atoms with Crippen molar-refractivity contribution < 1.29 is 23.8 Å². The first-order valence-electron chi connectivity index (χ1n) is 13.2. The summed E-state index contributed by atoms with van der Waals surface area (Å²) in [6, 6.07) is 15.1. The standard InChI is InChI=1S/C29H38N4O5/c1-21(2)29(35)32(14-13-31-15-17-38-18-16-31)20-28(34)33-27(23-7-11-25(37-4)12-8-23)19-26(30-33)22-5-9-24(36-3)10-6-22/h5-12,21,27H,13-20H2,1-4H3/t27-/m1/s1. The topological polar surface area (TPSA) is 83.9 Å². The molecule has 0 radical (unpaired) electrons. The first kappa shape index (κ1) is 27.6. The molecular formula is C29H38N4O5. The zero-order valence-electron chi connectivity index (χ0n) is 22.8. The summed E-state index contributed by atoms with van der Waals surface area (Å²) >= 11 is 0. The Morgan fingerprint density at radius 1 is 1.00 bits per heavy atom. The van der Waals surface area contributed by atoms with Gasteiger partial charge in [-0.25, -0.2) is 5.01 Å². The lowest BCUT2D eigenvalue weighted by molar-refractivity contribution is -0.143. The maximum absolute atomic E-state index is 13.8. The van der Waals surface area contributed by atoms with Gasteiger partial charge in [-0.3, -0.25) is 14.5 Å². The van der Waals surface area contributed by atoms with Gasteiger partial charge in [-0.05, 0) is 47.5 Å². The lowest BCUT2D eigenvalue weighted by Gasteiger charge is -2.31. The fraction of sp³-hybridized carbons (Fsp3) is 0.483. The minimum Gasteiger partial charge on any atom is -0.497 e. The van der Waals surface area contributed by atoms with Gasteiger partial charge < -0.3 is 19.1 Å². The van der Waals surface area contributed by atoms with Gasteiger partial charge in [0.25, 0.3) is 5.91 Å². The van der Waals surface area contributed by atoms with Gasteiger partial charge in [-0.15, -0.1) is 0 Å². The van der Waals surface area contributed by atoms with Gasteiger partial charge in [0.15, 0.2) is 0 Å². The Balaban J connectivity index is 1.56. The largest absolute Gasteiger partial charge is 0.497 e. The van der Waals surface area contributed by atoms with E-state index in [0.717, 1.165) is 41.4 Å². The maximum atomic E-state index is 13.8. The summed E-state index contributed by atoms with van der Waals surface area (Å²) in [4.78, 5) is 30.8. The van der Waals surface area contributed by atoms with E-state index >= 15 is 0 Å². The lowest BCUT2D eigenvalue weighted by Crippen LogP contribution is -2.47. The summed E-state index contributed by atoms with van der Waals surface area (Å²) in [5.41, 5.74) is 2.71. The zero-order chi connectivity index (χ0) is 27.1. The van der Waals surface area contributed by atoms with Crippen LogP contribution in [0.4, 0.5) is 0 Å². The minimum absolute atomic E-state index is 0.0204. The Bertz CT molecular complexity index is 1110. The monoisotopic (exact) mass is 522 g/mol. The van der Waals surface area contributed by atoms with Crippen LogP contribution in [0.1, 0.15) is 37.4 Å². The molecule has 38 heavy (non-hydrogen) atoms. The highest BCUT2D eigenvalue weighted by Crippen LogP contribution is 2.34. The Hall–Kier alpha value is -3.43. The fourth-order valence-electron chi connectivity index (χ4n) is 4.74. The van der Waals surface area contributed by atoms with Crippen LogP contribution in [-0.2, 0) is 14.3 Å². The van der Waals surface area contributed by atoms with Crippen LogP contribution in [0.3, 0.4) is 0 Å². The van der Waals surface area contributed by atoms with Crippen LogP contribution in [-0.4, -0.2) is 92.5 Å². The van der Waals surface area contributed by atoms with Crippen molar-refractivity contribution in [3.05, 3.63) is 59.7 Å². The number of amides is 2. The first-order valence-corrected chi connectivity index (χ1v) is 13.2. The summed E-state index contributed by atoms with van der Waals surface area (Å²) in [5.74, 6) is 1.06. The number of rotatable bonds is 10. The molecule has 0 aromatic heterocycles. The predicted octanol–water partition coefficient (Wildman–Crippen LogP) is 3.20. The van der Waals surface area contributed by atoms with E-state index < -0.39 is 0 Å². The van der Waals surface area contributed by atoms with Crippen LogP contribution in [0.25, 0.3) is 0 Å². The maximum Gasteiger partial charge on any atom is 0.262 e. The molecule has 204 valence electrons. The van der Waals surface area contributed by atoms with E-state index in [-0.39, 0.29) is 30.3 Å². The average molecular weight is 523 g/mol. The summed E-state index contributed by atoms with van der Waals surface area (Å²) in [5, 5.41) is 6.34. The number of benzene rings is 2. The van der Waals surface area contributed by atoms with Crippen molar-refractivity contribution in [1.29, 1.82) is 0 Å². The molecule has 2 aliphatic rings. The highest BCUT2D eigenvalue weighted by molar-refractivity contribution is 6.03. The van der Waals surface area contributed by atoms with Gasteiger partial charge in [-0.2, -0.15) is 5.10 Å². The van der Waals surface area contributed by atoms with Gasteiger partial charge in [-0.1, -0.05) is 26.0 Å². The summed E-state index contributed by atoms with van der Waals surface area (Å²) < 4.78 is 16.1. The normalized spacial score (nSPS) is 17.9. The number of morpholine rings is 1. The third-order valence-corrected chi connectivity index (χ3v) is 7.01. The Kier molecular flexibility index (Phi) is 9.36. The molecule has 4 rings (SSSR count). The number of nitrogens with zero attached hydrogens (tertiary/aromatic N) is 4. The van der Waals surface area contributed by atoms with Crippen LogP contribution in [0, 0.1) is 5.92 Å². The number of hydrogen-bond acceptors (Lipinski definition) is 7. The van der Waals surface area contributed by atoms with Crippen LogP contribution < -0.4 is 9.47 Å². The quantitative estimate of drug-likeness (QED) is 0.477. The van der Waals surface area contributed by atoms with Gasteiger partial charge in [0.05, 0.1) is 39.2 Å². The molecule has 0 unspecified atom stereocenters. The third kappa shape index (κ3) is 6.71. The molecule has 1 saturated heterocycles. The molecule has 1 fully saturated rings. The number of methoxy groups -OCH3 is 2. The molecule has 0 bridgehead atoms. The Morgan fingerprint density at radius 3 is 2.18 bits per heavy atom. The molecule has 1 atom stereocenters. The van der Waals surface area contributed by atoms with Crippen LogP contribution in [0.2, 0.25) is 0 Å². The van der Waals surface area contributed by atoms with E-state index in [0.29, 0.717) is 32.7 Å². The number of ether oxygens (including phenoxy) is 3. The van der Waals surface area contributed by atoms with Crippen molar-refractivity contribution in [2.24, 2.45) is 11.0 Å². The van der Waals surface area contributed by atoms with E-state index in [9.17, 15) is 9.59 Å². The van der Waals surface area contributed by atoms with E-state index in [1.165, 1.54) is 0 Å². The number of hydrazone groups is 1. The molecule has 2 aromatic carbocycles. The second kappa shape index (κ2) is 12.9. The van der Waals surface area contributed by atoms with Crippen molar-refractivity contribution in [1.82, 2.24) is 14.8 Å². The van der Waals surface area contributed by atoms with Crippen LogP contribution >= 0.6 is 0 Å². The van der Waals surface area contributed by atoms with Gasteiger partial charge >= 0.3 is 0 Å². The average Bonchev–Trinajstić information content (AvgIpc) is 3.41. The Labute approximate surface area is 224 Å². The molecule has 0 saturated carbocycles. The molecule has 2 amide bonds. The fourth-order valence-corrected chi connectivity index (χ4v) is 4.74. The lowest BCUT2D eigenvalue weighted by atomic mass is 9.98. The van der Waals surface area contributed by atoms with Crippen molar-refractivity contribution in [2.45, 2.75) is 26.3 Å². The van der Waals surface area contributed by atoms with Crippen LogP contribution in [0.15, 0.2) is 53.6 Å². The summed E-state index contributed by atoms with van der Waals surface area (Å²) in [6.45, 7) is 7.95. The number of carbonyl (C=O) groups is 2. The third-order valence-electron chi connectivity index (χ3n) is 7.01. The van der Waals surface area contributed by atoms with Gasteiger partial charge in [0, 0.05) is 38.5 Å². The SMILES string of the molecule is COc1ccc(C2=NN(C(=O)CN(CCN3CCOCC3)C(=O)C(C)C)[C@@H](c3ccc(OC)cc3)C2)cc1. The van der Waals surface area contributed by atoms with E-state index in [1.807, 2.05) is 62.4 Å². The van der Waals surface area contributed by atoms with E-state index in [1.54, 1.807) is 24.1 Å². The van der Waals surface area contributed by atoms with Crippen molar-refractivity contribution in [2.75, 3.05) is 60.2 Å². The van der Waals surface area contributed by atoms with E-state index in [2.05, 4.69) is 4.90 Å². The van der Waals surface area contributed by atoms with Crippen molar-refractivity contribution in [3.63, 3.8) is 0 Å². The predicted molar refractivity (Wildman–Crippen MR) is 145 cm³/mol. The van der Waals surface area contributed by atoms with Gasteiger partial charge in [0.2, 0.25) is 5.91 Å². The summed E-state index contributed by atoms with van der Waals surface area (Å²) in [7, 11) is 3.26. The molecule has 0 spiro atoms. The first-order chi connectivity index (χ1) is 18.4. The molecule has 0 N–H and O–H groups in total. The smallest absolute Gasteiger partial charge is 0.262 e. The molecule has 2 aromatic rings. The number of hydrogen-bond donors (Lipinski definition) is 0. The second-order valence-corrected chi connectivity index (χ2v) is 9.88. The zero-order valence-corrected chi connectivity index (χ0v) is 22.8. The van der Waals surface area contributed by atoms with Crippen molar-refractivity contribution in [3.8, 4) is 11.5 Å². The molecule has 9 heteroatoms. The Morgan fingerprint density at radius 2 is 1.61 bits per heavy atom. The highest BCUT2D eigenvalue weighted by atomic mass is 16.5. The summed E-state index contributed by atoms with van der Waals surface area (Å²) in [6.07, 6.45) is 0.566. The van der Waals surface area contributed by atoms with Crippen molar-refractivity contribution >= 4 is 17.5 Å². The van der Waals surface area contributed by atoms with Gasteiger partial charge in [0.1, 0.15) is 18.0 Å². The van der Waals surface area contributed by atoms with E-state index in [4.69, 9.17) is 19.3 Å². The number of carbonyl (C=O) groups excluding carboxylic acids is 2. The molecule has 2 heterocycles. The minimum atomic E-state index is -0.277. The molecular weight excluding hydrogens is 484 g/mol. The molecule has 2 aliphatic heterocycles. The van der Waals surface area contributed by atoms with Crippen LogP contribution in [0.5, 0.6) is 11.5 Å². The highest BCUT2D eigenvalue weighted by Gasteiger charge is 2.35.